The zero-order valence-corrected chi connectivity index (χ0v) is 15.7. The van der Waals surface area contributed by atoms with E-state index in [4.69, 9.17) is 4.99 Å². The largest absolute Gasteiger partial charge is 0.356 e. The molecule has 0 amide bonds. The van der Waals surface area contributed by atoms with Crippen LogP contribution in [0.2, 0.25) is 0 Å². The van der Waals surface area contributed by atoms with Gasteiger partial charge in [-0.15, -0.1) is 10.2 Å². The van der Waals surface area contributed by atoms with Gasteiger partial charge in [-0.2, -0.15) is 11.8 Å². The fourth-order valence-corrected chi connectivity index (χ4v) is 3.79. The number of aromatic nitrogens is 3. The molecule has 7 heteroatoms. The van der Waals surface area contributed by atoms with Crippen LogP contribution in [0.4, 0.5) is 0 Å². The normalized spacial score (nSPS) is 21.7. The fraction of sp³-hybridized carbons (Fsp3) is 0.812. The molecule has 1 saturated heterocycles. The van der Waals surface area contributed by atoms with Crippen LogP contribution in [0.1, 0.15) is 51.2 Å². The molecule has 1 atom stereocenters. The summed E-state index contributed by atoms with van der Waals surface area (Å²) in [6, 6.07) is 0. The van der Waals surface area contributed by atoms with Crippen molar-refractivity contribution in [1.29, 1.82) is 0 Å². The van der Waals surface area contributed by atoms with Gasteiger partial charge >= 0.3 is 0 Å². The number of hydrogen-bond acceptors (Lipinski definition) is 4. The van der Waals surface area contributed by atoms with Crippen molar-refractivity contribution in [2.45, 2.75) is 57.7 Å². The zero-order chi connectivity index (χ0) is 16.7. The van der Waals surface area contributed by atoms with Crippen molar-refractivity contribution in [2.75, 3.05) is 18.8 Å². The third-order valence-corrected chi connectivity index (χ3v) is 5.85. The Balaban J connectivity index is 1.94. The number of rotatable bonds is 7. The summed E-state index contributed by atoms with van der Waals surface area (Å²) in [6.45, 7) is 8.94. The molecule has 6 nitrogen and oxygen atoms in total. The smallest absolute Gasteiger partial charge is 0.191 e. The van der Waals surface area contributed by atoms with Gasteiger partial charge in [-0.05, 0) is 38.9 Å². The molecule has 0 saturated carbocycles. The first-order chi connectivity index (χ1) is 11.0. The Kier molecular flexibility index (Phi) is 6.74. The van der Waals surface area contributed by atoms with E-state index in [2.05, 4.69) is 46.4 Å². The first-order valence-corrected chi connectivity index (χ1v) is 9.53. The minimum absolute atomic E-state index is 0.328. The summed E-state index contributed by atoms with van der Waals surface area (Å²) in [6.07, 6.45) is 4.91. The molecule has 2 N–H and O–H groups in total. The molecule has 0 radical (unpaired) electrons. The Morgan fingerprint density at radius 1 is 1.39 bits per heavy atom. The summed E-state index contributed by atoms with van der Waals surface area (Å²) in [5, 5.41) is 15.2. The molecule has 1 aromatic rings. The first kappa shape index (κ1) is 18.1. The van der Waals surface area contributed by atoms with Gasteiger partial charge in [0.25, 0.3) is 0 Å². The molecule has 1 aromatic heterocycles. The van der Waals surface area contributed by atoms with Crippen LogP contribution in [0.5, 0.6) is 0 Å². The zero-order valence-electron chi connectivity index (χ0n) is 14.9. The van der Waals surface area contributed by atoms with Gasteiger partial charge in [0.1, 0.15) is 12.4 Å². The van der Waals surface area contributed by atoms with Crippen molar-refractivity contribution >= 4 is 17.7 Å². The van der Waals surface area contributed by atoms with E-state index >= 15 is 0 Å². The predicted molar refractivity (Wildman–Crippen MR) is 97.9 cm³/mol. The summed E-state index contributed by atoms with van der Waals surface area (Å²) in [4.78, 5) is 4.69. The molecule has 0 spiro atoms. The molecule has 0 bridgehead atoms. The van der Waals surface area contributed by atoms with Crippen molar-refractivity contribution in [2.24, 2.45) is 12.0 Å². The maximum Gasteiger partial charge on any atom is 0.191 e. The lowest BCUT2D eigenvalue weighted by Crippen LogP contribution is -2.44. The van der Waals surface area contributed by atoms with E-state index in [1.807, 2.05) is 18.5 Å². The highest BCUT2D eigenvalue weighted by Crippen LogP contribution is 2.36. The minimum atomic E-state index is 0.328. The molecule has 1 aliphatic heterocycles. The molecule has 1 unspecified atom stereocenters. The number of nitrogens with zero attached hydrogens (tertiary/aromatic N) is 4. The average molecular weight is 339 g/mol. The van der Waals surface area contributed by atoms with E-state index < -0.39 is 0 Å². The van der Waals surface area contributed by atoms with Crippen LogP contribution in [-0.4, -0.2) is 44.3 Å². The van der Waals surface area contributed by atoms with Crippen LogP contribution < -0.4 is 10.6 Å². The lowest BCUT2D eigenvalue weighted by atomic mass is 10.1. The second kappa shape index (κ2) is 8.57. The second-order valence-corrected chi connectivity index (χ2v) is 8.11. The van der Waals surface area contributed by atoms with E-state index in [9.17, 15) is 0 Å². The van der Waals surface area contributed by atoms with Crippen LogP contribution >= 0.6 is 11.8 Å². The molecule has 1 fully saturated rings. The third-order valence-electron chi connectivity index (χ3n) is 4.31. The highest BCUT2D eigenvalue weighted by Gasteiger charge is 2.29. The van der Waals surface area contributed by atoms with Gasteiger partial charge in [-0.1, -0.05) is 13.3 Å². The summed E-state index contributed by atoms with van der Waals surface area (Å²) in [5.74, 6) is 3.96. The van der Waals surface area contributed by atoms with Crippen LogP contribution in [0.15, 0.2) is 4.99 Å². The molecule has 130 valence electrons. The Morgan fingerprint density at radius 2 is 2.22 bits per heavy atom. The van der Waals surface area contributed by atoms with E-state index in [0.717, 1.165) is 37.1 Å². The monoisotopic (exact) mass is 338 g/mol. The molecule has 0 aliphatic carbocycles. The van der Waals surface area contributed by atoms with E-state index in [1.54, 1.807) is 0 Å². The van der Waals surface area contributed by atoms with Gasteiger partial charge in [0.2, 0.25) is 0 Å². The number of unbranched alkanes of at least 4 members (excludes halogenated alkanes) is 1. The second-order valence-electron chi connectivity index (χ2n) is 6.42. The summed E-state index contributed by atoms with van der Waals surface area (Å²) < 4.78 is 2.32. The van der Waals surface area contributed by atoms with Gasteiger partial charge in [-0.25, -0.2) is 4.99 Å². The van der Waals surface area contributed by atoms with Crippen molar-refractivity contribution in [3.63, 3.8) is 0 Å². The number of thioether (sulfide) groups is 1. The van der Waals surface area contributed by atoms with E-state index in [0.29, 0.717) is 11.3 Å². The first-order valence-electron chi connectivity index (χ1n) is 8.55. The minimum Gasteiger partial charge on any atom is -0.356 e. The quantitative estimate of drug-likeness (QED) is 0.453. The van der Waals surface area contributed by atoms with Crippen LogP contribution in [0.25, 0.3) is 0 Å². The number of hydrogen-bond donors (Lipinski definition) is 2. The Bertz CT molecular complexity index is 519. The maximum absolute atomic E-state index is 4.69. The number of aryl methyl sites for hydroxylation is 1. The number of guanidine groups is 1. The predicted octanol–water partition coefficient (Wildman–Crippen LogP) is 2.24. The molecular weight excluding hydrogens is 308 g/mol. The SMILES string of the molecule is CCCCNC(=NCc1nnc(C)n1C)NCC1(C)CCCS1. The van der Waals surface area contributed by atoms with Gasteiger partial charge in [0.05, 0.1) is 0 Å². The molecule has 0 aromatic carbocycles. The molecule has 23 heavy (non-hydrogen) atoms. The topological polar surface area (TPSA) is 67.1 Å². The standard InChI is InChI=1S/C16H30N6S/c1-5-6-9-17-15(19-12-16(3)8-7-10-23-16)18-11-14-21-20-13(2)22(14)4/h5-12H2,1-4H3,(H2,17,18,19). The number of nitrogens with one attached hydrogen (secondary N) is 2. The van der Waals surface area contributed by atoms with Crippen molar-refractivity contribution < 1.29 is 0 Å². The molecule has 2 heterocycles. The van der Waals surface area contributed by atoms with Crippen LogP contribution in [0, 0.1) is 6.92 Å². The van der Waals surface area contributed by atoms with Crippen molar-refractivity contribution in [3.8, 4) is 0 Å². The van der Waals surface area contributed by atoms with Crippen molar-refractivity contribution in [3.05, 3.63) is 11.6 Å². The molecule has 2 rings (SSSR count). The summed E-state index contributed by atoms with van der Waals surface area (Å²) in [7, 11) is 1.98. The van der Waals surface area contributed by atoms with Gasteiger partial charge < -0.3 is 15.2 Å². The Morgan fingerprint density at radius 3 is 2.83 bits per heavy atom. The van der Waals surface area contributed by atoms with Gasteiger partial charge in [-0.3, -0.25) is 0 Å². The van der Waals surface area contributed by atoms with Gasteiger partial charge in [0, 0.05) is 24.9 Å². The fourth-order valence-electron chi connectivity index (χ4n) is 2.54. The highest BCUT2D eigenvalue weighted by molar-refractivity contribution is 8.00. The summed E-state index contributed by atoms with van der Waals surface area (Å²) in [5.41, 5.74) is 0. The lowest BCUT2D eigenvalue weighted by Gasteiger charge is -2.24. The average Bonchev–Trinajstić information content (AvgIpc) is 3.10. The Labute approximate surface area is 143 Å². The highest BCUT2D eigenvalue weighted by atomic mass is 32.2. The van der Waals surface area contributed by atoms with E-state index in [-0.39, 0.29) is 0 Å². The summed E-state index contributed by atoms with van der Waals surface area (Å²) >= 11 is 2.06. The van der Waals surface area contributed by atoms with Crippen LogP contribution in [-0.2, 0) is 13.6 Å². The molecular formula is C16H30N6S. The van der Waals surface area contributed by atoms with Gasteiger partial charge in [0.15, 0.2) is 11.8 Å². The molecule has 1 aliphatic rings. The van der Waals surface area contributed by atoms with Crippen molar-refractivity contribution in [1.82, 2.24) is 25.4 Å². The third kappa shape index (κ3) is 5.41. The van der Waals surface area contributed by atoms with Crippen LogP contribution in [0.3, 0.4) is 0 Å². The lowest BCUT2D eigenvalue weighted by molar-refractivity contribution is 0.582. The number of aliphatic imine (C=N–C) groups is 1. The maximum atomic E-state index is 4.69. The Hall–Kier alpha value is -1.24. The van der Waals surface area contributed by atoms with E-state index in [1.165, 1.54) is 25.0 Å².